The number of likely N-dealkylation sites (N-methyl/N-ethyl adjacent to an activating group) is 1. The van der Waals surface area contributed by atoms with E-state index in [0.717, 1.165) is 44.3 Å². The van der Waals surface area contributed by atoms with Gasteiger partial charge >= 0.3 is 0 Å². The van der Waals surface area contributed by atoms with Gasteiger partial charge in [0.05, 0.1) is 0 Å². The van der Waals surface area contributed by atoms with Gasteiger partial charge in [-0.3, -0.25) is 9.69 Å². The summed E-state index contributed by atoms with van der Waals surface area (Å²) in [4.78, 5) is 14.3. The normalized spacial score (nSPS) is 19.1. The lowest BCUT2D eigenvalue weighted by molar-refractivity contribution is -0.117. The van der Waals surface area contributed by atoms with E-state index in [1.54, 1.807) is 0 Å². The smallest absolute Gasteiger partial charge is 0.247 e. The molecule has 2 rings (SSSR count). The Labute approximate surface area is 103 Å². The maximum atomic E-state index is 11.8. The standard InChI is InChI=1S/C13H23N3O/c1-3-16(12-4-5-12)7-6-15-13(17)10(2)11-8-14-9-11/h12,14H,3-9H2,1-2H3,(H,15,17). The molecule has 1 aliphatic carbocycles. The van der Waals surface area contributed by atoms with Crippen LogP contribution < -0.4 is 10.6 Å². The molecule has 4 heteroatoms. The van der Waals surface area contributed by atoms with Crippen molar-refractivity contribution < 1.29 is 4.79 Å². The molecule has 0 unspecified atom stereocenters. The monoisotopic (exact) mass is 237 g/mol. The number of nitrogens with zero attached hydrogens (tertiary/aromatic N) is 1. The molecule has 1 saturated heterocycles. The van der Waals surface area contributed by atoms with Gasteiger partial charge in [0.15, 0.2) is 0 Å². The SMILES string of the molecule is CCN(CCNC(=O)C(C)=C1CNC1)C1CC1. The third-order valence-electron chi connectivity index (χ3n) is 3.70. The Bertz CT molecular complexity index is 315. The van der Waals surface area contributed by atoms with E-state index in [-0.39, 0.29) is 5.91 Å². The molecule has 2 N–H and O–H groups in total. The second-order valence-electron chi connectivity index (χ2n) is 4.95. The zero-order valence-corrected chi connectivity index (χ0v) is 10.9. The molecule has 0 aromatic carbocycles. The van der Waals surface area contributed by atoms with Gasteiger partial charge in [0.1, 0.15) is 0 Å². The molecule has 0 spiro atoms. The lowest BCUT2D eigenvalue weighted by Crippen LogP contribution is -2.39. The third kappa shape index (κ3) is 3.30. The first kappa shape index (κ1) is 12.6. The number of hydrogen-bond donors (Lipinski definition) is 2. The minimum absolute atomic E-state index is 0.105. The fourth-order valence-electron chi connectivity index (χ4n) is 2.16. The maximum Gasteiger partial charge on any atom is 0.247 e. The molecule has 1 amide bonds. The molecule has 0 aromatic heterocycles. The van der Waals surface area contributed by atoms with E-state index in [4.69, 9.17) is 0 Å². The third-order valence-corrected chi connectivity index (χ3v) is 3.70. The van der Waals surface area contributed by atoms with Crippen LogP contribution in [0.2, 0.25) is 0 Å². The molecule has 0 aromatic rings. The molecule has 1 saturated carbocycles. The van der Waals surface area contributed by atoms with E-state index in [1.807, 2.05) is 6.92 Å². The summed E-state index contributed by atoms with van der Waals surface area (Å²) in [6.45, 7) is 8.70. The molecule has 1 aliphatic heterocycles. The van der Waals surface area contributed by atoms with Gasteiger partial charge in [-0.15, -0.1) is 0 Å². The van der Waals surface area contributed by atoms with Crippen molar-refractivity contribution in [2.24, 2.45) is 0 Å². The number of carbonyl (C=O) groups excluding carboxylic acids is 1. The minimum Gasteiger partial charge on any atom is -0.351 e. The summed E-state index contributed by atoms with van der Waals surface area (Å²) >= 11 is 0. The van der Waals surface area contributed by atoms with E-state index in [1.165, 1.54) is 18.4 Å². The van der Waals surface area contributed by atoms with Gasteiger partial charge in [-0.25, -0.2) is 0 Å². The first-order valence-corrected chi connectivity index (χ1v) is 6.64. The first-order chi connectivity index (χ1) is 8.22. The summed E-state index contributed by atoms with van der Waals surface area (Å²) in [5.74, 6) is 0.105. The van der Waals surface area contributed by atoms with Crippen LogP contribution in [-0.4, -0.2) is 49.6 Å². The van der Waals surface area contributed by atoms with Gasteiger partial charge in [-0.1, -0.05) is 6.92 Å². The van der Waals surface area contributed by atoms with Crippen molar-refractivity contribution in [1.82, 2.24) is 15.5 Å². The predicted octanol–water partition coefficient (Wildman–Crippen LogP) is 0.507. The van der Waals surface area contributed by atoms with Gasteiger partial charge in [-0.05, 0) is 31.9 Å². The summed E-state index contributed by atoms with van der Waals surface area (Å²) in [5, 5.41) is 6.17. The number of amides is 1. The minimum atomic E-state index is 0.105. The highest BCUT2D eigenvalue weighted by molar-refractivity contribution is 5.93. The van der Waals surface area contributed by atoms with E-state index < -0.39 is 0 Å². The Morgan fingerprint density at radius 2 is 2.18 bits per heavy atom. The summed E-state index contributed by atoms with van der Waals surface area (Å²) in [6, 6.07) is 0.784. The number of hydrogen-bond acceptors (Lipinski definition) is 3. The molecule has 0 radical (unpaired) electrons. The van der Waals surface area contributed by atoms with Crippen LogP contribution >= 0.6 is 0 Å². The average molecular weight is 237 g/mol. The molecule has 96 valence electrons. The van der Waals surface area contributed by atoms with Crippen molar-refractivity contribution in [3.8, 4) is 0 Å². The summed E-state index contributed by atoms with van der Waals surface area (Å²) < 4.78 is 0. The van der Waals surface area contributed by atoms with Crippen LogP contribution in [0.3, 0.4) is 0 Å². The van der Waals surface area contributed by atoms with Crippen molar-refractivity contribution in [2.75, 3.05) is 32.7 Å². The van der Waals surface area contributed by atoms with Crippen LogP contribution in [-0.2, 0) is 4.79 Å². The number of nitrogens with one attached hydrogen (secondary N) is 2. The van der Waals surface area contributed by atoms with Crippen LogP contribution in [0.15, 0.2) is 11.1 Å². The molecule has 17 heavy (non-hydrogen) atoms. The highest BCUT2D eigenvalue weighted by Gasteiger charge is 2.27. The molecule has 2 fully saturated rings. The first-order valence-electron chi connectivity index (χ1n) is 6.64. The predicted molar refractivity (Wildman–Crippen MR) is 68.8 cm³/mol. The van der Waals surface area contributed by atoms with Gasteiger partial charge < -0.3 is 10.6 Å². The fourth-order valence-corrected chi connectivity index (χ4v) is 2.16. The van der Waals surface area contributed by atoms with Gasteiger partial charge in [-0.2, -0.15) is 0 Å². The largest absolute Gasteiger partial charge is 0.351 e. The second kappa shape index (κ2) is 5.65. The van der Waals surface area contributed by atoms with Crippen molar-refractivity contribution >= 4 is 5.91 Å². The van der Waals surface area contributed by atoms with Crippen LogP contribution in [0.25, 0.3) is 0 Å². The molecule has 1 heterocycles. The Morgan fingerprint density at radius 1 is 1.47 bits per heavy atom. The van der Waals surface area contributed by atoms with E-state index in [2.05, 4.69) is 22.5 Å². The van der Waals surface area contributed by atoms with Gasteiger partial charge in [0.2, 0.25) is 5.91 Å². The lowest BCUT2D eigenvalue weighted by Gasteiger charge is -2.22. The Hall–Kier alpha value is -0.870. The van der Waals surface area contributed by atoms with Crippen LogP contribution in [0, 0.1) is 0 Å². The number of rotatable bonds is 6. The Balaban J connectivity index is 1.68. The van der Waals surface area contributed by atoms with Crippen LogP contribution in [0.5, 0.6) is 0 Å². The molecular formula is C13H23N3O. The zero-order chi connectivity index (χ0) is 12.3. The van der Waals surface area contributed by atoms with Crippen LogP contribution in [0.1, 0.15) is 26.7 Å². The second-order valence-corrected chi connectivity index (χ2v) is 4.95. The van der Waals surface area contributed by atoms with Gasteiger partial charge in [0, 0.05) is 37.8 Å². The molecule has 2 aliphatic rings. The highest BCUT2D eigenvalue weighted by Crippen LogP contribution is 2.25. The van der Waals surface area contributed by atoms with Crippen molar-refractivity contribution in [1.29, 1.82) is 0 Å². The lowest BCUT2D eigenvalue weighted by atomic mass is 10.0. The Kier molecular flexibility index (Phi) is 4.18. The maximum absolute atomic E-state index is 11.8. The summed E-state index contributed by atoms with van der Waals surface area (Å²) in [7, 11) is 0. The summed E-state index contributed by atoms with van der Waals surface area (Å²) in [5.41, 5.74) is 2.15. The van der Waals surface area contributed by atoms with Gasteiger partial charge in [0.25, 0.3) is 0 Å². The molecule has 0 atom stereocenters. The summed E-state index contributed by atoms with van der Waals surface area (Å²) in [6.07, 6.45) is 2.66. The number of carbonyl (C=O) groups is 1. The molecule has 0 bridgehead atoms. The highest BCUT2D eigenvalue weighted by atomic mass is 16.1. The Morgan fingerprint density at radius 3 is 2.65 bits per heavy atom. The fraction of sp³-hybridized carbons (Fsp3) is 0.769. The topological polar surface area (TPSA) is 44.4 Å². The van der Waals surface area contributed by atoms with E-state index >= 15 is 0 Å². The molecule has 4 nitrogen and oxygen atoms in total. The quantitative estimate of drug-likeness (QED) is 0.662. The molecular weight excluding hydrogens is 214 g/mol. The van der Waals surface area contributed by atoms with Crippen molar-refractivity contribution in [3.05, 3.63) is 11.1 Å². The zero-order valence-electron chi connectivity index (χ0n) is 10.9. The van der Waals surface area contributed by atoms with Crippen LogP contribution in [0.4, 0.5) is 0 Å². The average Bonchev–Trinajstić information content (AvgIpc) is 3.05. The van der Waals surface area contributed by atoms with Crippen molar-refractivity contribution in [2.45, 2.75) is 32.7 Å². The van der Waals surface area contributed by atoms with E-state index in [0.29, 0.717) is 0 Å². The van der Waals surface area contributed by atoms with E-state index in [9.17, 15) is 4.79 Å². The van der Waals surface area contributed by atoms with Crippen molar-refractivity contribution in [3.63, 3.8) is 0 Å².